The van der Waals surface area contributed by atoms with Crippen LogP contribution in [0.5, 0.6) is 5.75 Å². The molecule has 0 fully saturated rings. The van der Waals surface area contributed by atoms with Crippen molar-refractivity contribution in [1.29, 1.82) is 0 Å². The van der Waals surface area contributed by atoms with E-state index in [1.165, 1.54) is 0 Å². The van der Waals surface area contributed by atoms with Crippen LogP contribution in [0, 0.1) is 0 Å². The molecule has 1 amide bonds. The number of carbonyl (C=O) groups excluding carboxylic acids is 1. The maximum atomic E-state index is 11.2. The largest absolute Gasteiger partial charge is 0.495 e. The average Bonchev–Trinajstić information content (AvgIpc) is 2.25. The summed E-state index contributed by atoms with van der Waals surface area (Å²) < 4.78 is 5.02. The first-order valence-corrected chi connectivity index (χ1v) is 5.28. The quantitative estimate of drug-likeness (QED) is 0.837. The van der Waals surface area contributed by atoms with Crippen molar-refractivity contribution in [2.24, 2.45) is 5.73 Å². The van der Waals surface area contributed by atoms with E-state index < -0.39 is 6.04 Å². The van der Waals surface area contributed by atoms with Gasteiger partial charge in [0, 0.05) is 6.54 Å². The third-order valence-electron chi connectivity index (χ3n) is 2.10. The van der Waals surface area contributed by atoms with Gasteiger partial charge in [-0.25, -0.2) is 0 Å². The zero-order chi connectivity index (χ0) is 12.1. The first-order valence-electron chi connectivity index (χ1n) is 4.90. The second kappa shape index (κ2) is 5.72. The van der Waals surface area contributed by atoms with Gasteiger partial charge in [0.25, 0.3) is 0 Å². The summed E-state index contributed by atoms with van der Waals surface area (Å²) in [7, 11) is 1.55. The van der Waals surface area contributed by atoms with Gasteiger partial charge in [0.05, 0.1) is 18.2 Å². The number of rotatable bonds is 4. The number of methoxy groups -OCH3 is 1. The molecule has 0 heterocycles. The topological polar surface area (TPSA) is 64.3 Å². The van der Waals surface area contributed by atoms with Crippen molar-refractivity contribution in [3.8, 4) is 5.75 Å². The van der Waals surface area contributed by atoms with E-state index in [1.807, 2.05) is 6.07 Å². The Bertz CT molecular complexity index is 380. The van der Waals surface area contributed by atoms with Crippen LogP contribution in [-0.4, -0.2) is 19.1 Å². The van der Waals surface area contributed by atoms with Crippen LogP contribution in [0.25, 0.3) is 0 Å². The van der Waals surface area contributed by atoms with E-state index >= 15 is 0 Å². The predicted octanol–water partition coefficient (Wildman–Crippen LogP) is 1.31. The molecule has 0 saturated carbocycles. The highest BCUT2D eigenvalue weighted by Gasteiger charge is 2.07. The third kappa shape index (κ3) is 3.40. The molecule has 1 aromatic rings. The number of hydrogen-bond donors (Lipinski definition) is 2. The molecule has 0 spiro atoms. The van der Waals surface area contributed by atoms with E-state index in [1.54, 1.807) is 26.2 Å². The number of hydrogen-bond acceptors (Lipinski definition) is 3. The van der Waals surface area contributed by atoms with Crippen molar-refractivity contribution in [3.63, 3.8) is 0 Å². The number of benzene rings is 1. The highest BCUT2D eigenvalue weighted by molar-refractivity contribution is 6.32. The molecule has 1 aromatic carbocycles. The van der Waals surface area contributed by atoms with Crippen molar-refractivity contribution in [2.45, 2.75) is 19.5 Å². The average molecular weight is 243 g/mol. The highest BCUT2D eigenvalue weighted by Crippen LogP contribution is 2.24. The molecule has 0 radical (unpaired) electrons. The molecule has 0 aromatic heterocycles. The summed E-state index contributed by atoms with van der Waals surface area (Å²) >= 11 is 5.94. The Morgan fingerprint density at radius 1 is 1.62 bits per heavy atom. The Labute approximate surface area is 99.7 Å². The van der Waals surface area contributed by atoms with Gasteiger partial charge >= 0.3 is 0 Å². The van der Waals surface area contributed by atoms with Gasteiger partial charge in [-0.1, -0.05) is 17.7 Å². The molecule has 5 heteroatoms. The van der Waals surface area contributed by atoms with Gasteiger partial charge in [-0.05, 0) is 24.6 Å². The minimum Gasteiger partial charge on any atom is -0.495 e. The van der Waals surface area contributed by atoms with E-state index in [0.29, 0.717) is 17.3 Å². The Kier molecular flexibility index (Phi) is 4.58. The zero-order valence-electron chi connectivity index (χ0n) is 9.29. The van der Waals surface area contributed by atoms with E-state index in [9.17, 15) is 4.79 Å². The van der Waals surface area contributed by atoms with Crippen LogP contribution in [0.2, 0.25) is 5.02 Å². The van der Waals surface area contributed by atoms with Crippen LogP contribution in [0.15, 0.2) is 18.2 Å². The lowest BCUT2D eigenvalue weighted by molar-refractivity contribution is -0.122. The number of nitrogens with two attached hydrogens (primary N) is 1. The zero-order valence-corrected chi connectivity index (χ0v) is 10.0. The molecule has 88 valence electrons. The molecule has 3 N–H and O–H groups in total. The number of carbonyl (C=O) groups is 1. The third-order valence-corrected chi connectivity index (χ3v) is 2.39. The van der Waals surface area contributed by atoms with Crippen molar-refractivity contribution in [2.75, 3.05) is 7.11 Å². The van der Waals surface area contributed by atoms with E-state index in [4.69, 9.17) is 22.1 Å². The standard InChI is InChI=1S/C11H15ClN2O2/c1-7(13)11(15)14-6-8-3-4-10(16-2)9(12)5-8/h3-5,7H,6,13H2,1-2H3,(H,14,15). The van der Waals surface area contributed by atoms with E-state index in [2.05, 4.69) is 5.32 Å². The molecule has 1 unspecified atom stereocenters. The highest BCUT2D eigenvalue weighted by atomic mass is 35.5. The maximum absolute atomic E-state index is 11.2. The van der Waals surface area contributed by atoms with E-state index in [-0.39, 0.29) is 5.91 Å². The lowest BCUT2D eigenvalue weighted by Gasteiger charge is -2.09. The first-order chi connectivity index (χ1) is 7.54. The number of halogens is 1. The molecular formula is C11H15ClN2O2. The second-order valence-electron chi connectivity index (χ2n) is 3.48. The summed E-state index contributed by atoms with van der Waals surface area (Å²) in [5.74, 6) is 0.427. The number of nitrogens with one attached hydrogen (secondary N) is 1. The molecule has 16 heavy (non-hydrogen) atoms. The van der Waals surface area contributed by atoms with Gasteiger partial charge in [0.1, 0.15) is 5.75 Å². The summed E-state index contributed by atoms with van der Waals surface area (Å²) in [6.45, 7) is 2.04. The first kappa shape index (κ1) is 12.8. The molecule has 0 aliphatic rings. The SMILES string of the molecule is COc1ccc(CNC(=O)C(C)N)cc1Cl. The minimum absolute atomic E-state index is 0.188. The van der Waals surface area contributed by atoms with Gasteiger partial charge in [-0.15, -0.1) is 0 Å². The molecule has 0 saturated heterocycles. The van der Waals surface area contributed by atoms with Gasteiger partial charge in [-0.3, -0.25) is 4.79 Å². The molecule has 1 rings (SSSR count). The van der Waals surface area contributed by atoms with Crippen LogP contribution in [0.3, 0.4) is 0 Å². The Balaban J connectivity index is 2.62. The van der Waals surface area contributed by atoms with Crippen molar-refractivity contribution < 1.29 is 9.53 Å². The molecule has 1 atom stereocenters. The molecule has 0 bridgehead atoms. The van der Waals surface area contributed by atoms with Crippen LogP contribution < -0.4 is 15.8 Å². The summed E-state index contributed by atoms with van der Waals surface area (Å²) in [5.41, 5.74) is 6.32. The molecular weight excluding hydrogens is 228 g/mol. The Hall–Kier alpha value is -1.26. The van der Waals surface area contributed by atoms with Gasteiger partial charge in [-0.2, -0.15) is 0 Å². The summed E-state index contributed by atoms with van der Waals surface area (Å²) in [4.78, 5) is 11.2. The lowest BCUT2D eigenvalue weighted by Crippen LogP contribution is -2.37. The molecule has 0 aliphatic carbocycles. The number of ether oxygens (including phenoxy) is 1. The fourth-order valence-electron chi connectivity index (χ4n) is 1.17. The summed E-state index contributed by atoms with van der Waals surface area (Å²) in [5, 5.41) is 3.22. The summed E-state index contributed by atoms with van der Waals surface area (Å²) in [6, 6.07) is 4.85. The fraction of sp³-hybridized carbons (Fsp3) is 0.364. The minimum atomic E-state index is -0.506. The van der Waals surface area contributed by atoms with Crippen LogP contribution in [0.1, 0.15) is 12.5 Å². The normalized spacial score (nSPS) is 12.0. The fourth-order valence-corrected chi connectivity index (χ4v) is 1.45. The molecule has 0 aliphatic heterocycles. The van der Waals surface area contributed by atoms with Crippen LogP contribution in [0.4, 0.5) is 0 Å². The van der Waals surface area contributed by atoms with Gasteiger partial charge in [0.15, 0.2) is 0 Å². The van der Waals surface area contributed by atoms with Crippen molar-refractivity contribution in [3.05, 3.63) is 28.8 Å². The van der Waals surface area contributed by atoms with Gasteiger partial charge in [0.2, 0.25) is 5.91 Å². The van der Waals surface area contributed by atoms with Gasteiger partial charge < -0.3 is 15.8 Å². The van der Waals surface area contributed by atoms with Crippen molar-refractivity contribution >= 4 is 17.5 Å². The smallest absolute Gasteiger partial charge is 0.236 e. The number of amides is 1. The maximum Gasteiger partial charge on any atom is 0.236 e. The second-order valence-corrected chi connectivity index (χ2v) is 3.88. The monoisotopic (exact) mass is 242 g/mol. The van der Waals surface area contributed by atoms with E-state index in [0.717, 1.165) is 5.56 Å². The predicted molar refractivity (Wildman–Crippen MR) is 63.5 cm³/mol. The Morgan fingerprint density at radius 2 is 2.31 bits per heavy atom. The Morgan fingerprint density at radius 3 is 2.81 bits per heavy atom. The molecule has 4 nitrogen and oxygen atoms in total. The van der Waals surface area contributed by atoms with Crippen molar-refractivity contribution in [1.82, 2.24) is 5.32 Å². The van der Waals surface area contributed by atoms with Crippen LogP contribution in [-0.2, 0) is 11.3 Å². The summed E-state index contributed by atoms with van der Waals surface area (Å²) in [6.07, 6.45) is 0. The van der Waals surface area contributed by atoms with Crippen LogP contribution >= 0.6 is 11.6 Å². The lowest BCUT2D eigenvalue weighted by atomic mass is 10.2.